The first-order valence-corrected chi connectivity index (χ1v) is 6.25. The number of rotatable bonds is 4. The Kier molecular flexibility index (Phi) is 4.12. The topological polar surface area (TPSA) is 52.1 Å². The van der Waals surface area contributed by atoms with Gasteiger partial charge in [0.25, 0.3) is 0 Å². The molecule has 2 aromatic heterocycles. The highest BCUT2D eigenvalue weighted by molar-refractivity contribution is 6.31. The number of hydrogen-bond donors (Lipinski definition) is 0. The molecule has 0 fully saturated rings. The standard InChI is InChI=1S/C14H13ClN2O2/c1-3-19-13-7-9(2)6-12(16-13)11-5-4-10(8-18)14(15)17-11/h4-8H,3H2,1-2H3. The maximum Gasteiger partial charge on any atom is 0.214 e. The highest BCUT2D eigenvalue weighted by Crippen LogP contribution is 2.23. The van der Waals surface area contributed by atoms with Crippen molar-refractivity contribution in [3.63, 3.8) is 0 Å². The second kappa shape index (κ2) is 5.80. The molecule has 0 saturated heterocycles. The van der Waals surface area contributed by atoms with Crippen LogP contribution in [0.15, 0.2) is 24.3 Å². The van der Waals surface area contributed by atoms with Crippen LogP contribution in [0.2, 0.25) is 5.15 Å². The van der Waals surface area contributed by atoms with E-state index in [9.17, 15) is 4.79 Å². The summed E-state index contributed by atoms with van der Waals surface area (Å²) in [5.74, 6) is 0.551. The first-order chi connectivity index (χ1) is 9.13. The zero-order chi connectivity index (χ0) is 13.8. The van der Waals surface area contributed by atoms with Gasteiger partial charge in [-0.3, -0.25) is 4.79 Å². The van der Waals surface area contributed by atoms with Crippen LogP contribution in [-0.2, 0) is 0 Å². The molecule has 0 saturated carbocycles. The third kappa shape index (κ3) is 3.09. The Morgan fingerprint density at radius 3 is 2.68 bits per heavy atom. The second-order valence-electron chi connectivity index (χ2n) is 4.00. The lowest BCUT2D eigenvalue weighted by molar-refractivity contribution is 0.112. The normalized spacial score (nSPS) is 10.3. The van der Waals surface area contributed by atoms with E-state index in [1.807, 2.05) is 26.0 Å². The fourth-order valence-corrected chi connectivity index (χ4v) is 1.86. The number of hydrogen-bond acceptors (Lipinski definition) is 4. The van der Waals surface area contributed by atoms with Gasteiger partial charge in [0.1, 0.15) is 5.15 Å². The van der Waals surface area contributed by atoms with Crippen LogP contribution in [0.25, 0.3) is 11.4 Å². The lowest BCUT2D eigenvalue weighted by Gasteiger charge is -2.07. The minimum Gasteiger partial charge on any atom is -0.478 e. The molecule has 0 aromatic carbocycles. The Hall–Kier alpha value is -1.94. The molecule has 19 heavy (non-hydrogen) atoms. The van der Waals surface area contributed by atoms with Crippen LogP contribution in [0.4, 0.5) is 0 Å². The average Bonchev–Trinajstić information content (AvgIpc) is 2.38. The summed E-state index contributed by atoms with van der Waals surface area (Å²) in [6, 6.07) is 7.09. The fourth-order valence-electron chi connectivity index (χ4n) is 1.66. The third-order valence-electron chi connectivity index (χ3n) is 2.51. The summed E-state index contributed by atoms with van der Waals surface area (Å²) in [7, 11) is 0. The van der Waals surface area contributed by atoms with Crippen LogP contribution in [0, 0.1) is 6.92 Å². The van der Waals surface area contributed by atoms with E-state index in [0.717, 1.165) is 5.56 Å². The molecule has 5 heteroatoms. The van der Waals surface area contributed by atoms with Crippen molar-refractivity contribution in [2.75, 3.05) is 6.61 Å². The zero-order valence-corrected chi connectivity index (χ0v) is 11.4. The largest absolute Gasteiger partial charge is 0.478 e. The highest BCUT2D eigenvalue weighted by Gasteiger charge is 2.08. The van der Waals surface area contributed by atoms with Crippen molar-refractivity contribution in [3.05, 3.63) is 40.5 Å². The molecule has 0 spiro atoms. The summed E-state index contributed by atoms with van der Waals surface area (Å²) in [4.78, 5) is 19.2. The minimum atomic E-state index is 0.175. The zero-order valence-electron chi connectivity index (χ0n) is 10.7. The summed E-state index contributed by atoms with van der Waals surface area (Å²) in [6.07, 6.45) is 0.675. The van der Waals surface area contributed by atoms with E-state index < -0.39 is 0 Å². The molecule has 0 amide bonds. The molecule has 2 rings (SSSR count). The second-order valence-corrected chi connectivity index (χ2v) is 4.35. The summed E-state index contributed by atoms with van der Waals surface area (Å²) in [6.45, 7) is 4.40. The molecule has 4 nitrogen and oxygen atoms in total. The van der Waals surface area contributed by atoms with Crippen LogP contribution in [-0.4, -0.2) is 22.9 Å². The Labute approximate surface area is 116 Å². The smallest absolute Gasteiger partial charge is 0.214 e. The number of aryl methyl sites for hydroxylation is 1. The number of carbonyl (C=O) groups is 1. The summed E-state index contributed by atoms with van der Waals surface area (Å²) in [5, 5.41) is 0.175. The van der Waals surface area contributed by atoms with E-state index in [0.29, 0.717) is 35.7 Å². The van der Waals surface area contributed by atoms with Gasteiger partial charge in [0.15, 0.2) is 6.29 Å². The molecular formula is C14H13ClN2O2. The Morgan fingerprint density at radius 2 is 2.05 bits per heavy atom. The van der Waals surface area contributed by atoms with E-state index in [1.165, 1.54) is 0 Å². The van der Waals surface area contributed by atoms with Crippen LogP contribution >= 0.6 is 11.6 Å². The van der Waals surface area contributed by atoms with Crippen LogP contribution in [0.5, 0.6) is 5.88 Å². The van der Waals surface area contributed by atoms with Gasteiger partial charge >= 0.3 is 0 Å². The van der Waals surface area contributed by atoms with Gasteiger partial charge in [-0.25, -0.2) is 9.97 Å². The Morgan fingerprint density at radius 1 is 1.26 bits per heavy atom. The lowest BCUT2D eigenvalue weighted by atomic mass is 10.2. The minimum absolute atomic E-state index is 0.175. The van der Waals surface area contributed by atoms with E-state index in [4.69, 9.17) is 16.3 Å². The first-order valence-electron chi connectivity index (χ1n) is 5.87. The van der Waals surface area contributed by atoms with Gasteiger partial charge in [-0.05, 0) is 37.6 Å². The number of ether oxygens (including phenoxy) is 1. The molecule has 0 aliphatic rings. The van der Waals surface area contributed by atoms with Gasteiger partial charge in [-0.2, -0.15) is 0 Å². The number of pyridine rings is 2. The maximum absolute atomic E-state index is 10.7. The van der Waals surface area contributed by atoms with Crippen molar-refractivity contribution in [1.82, 2.24) is 9.97 Å². The highest BCUT2D eigenvalue weighted by atomic mass is 35.5. The fraction of sp³-hybridized carbons (Fsp3) is 0.214. The lowest BCUT2D eigenvalue weighted by Crippen LogP contribution is -1.98. The molecule has 2 aromatic rings. The van der Waals surface area contributed by atoms with Crippen LogP contribution in [0.3, 0.4) is 0 Å². The van der Waals surface area contributed by atoms with Crippen molar-refractivity contribution < 1.29 is 9.53 Å². The summed E-state index contributed by atoms with van der Waals surface area (Å²) >= 11 is 5.92. The molecule has 0 aliphatic carbocycles. The molecule has 2 heterocycles. The van der Waals surface area contributed by atoms with Crippen molar-refractivity contribution >= 4 is 17.9 Å². The molecule has 0 atom stereocenters. The van der Waals surface area contributed by atoms with Crippen LogP contribution < -0.4 is 4.74 Å². The monoisotopic (exact) mass is 276 g/mol. The third-order valence-corrected chi connectivity index (χ3v) is 2.81. The van der Waals surface area contributed by atoms with Crippen molar-refractivity contribution in [3.8, 4) is 17.3 Å². The van der Waals surface area contributed by atoms with E-state index in [-0.39, 0.29) is 5.15 Å². The van der Waals surface area contributed by atoms with Crippen molar-refractivity contribution in [2.24, 2.45) is 0 Å². The molecule has 0 N–H and O–H groups in total. The van der Waals surface area contributed by atoms with Gasteiger partial charge in [-0.15, -0.1) is 0 Å². The van der Waals surface area contributed by atoms with Gasteiger partial charge in [0, 0.05) is 6.07 Å². The summed E-state index contributed by atoms with van der Waals surface area (Å²) < 4.78 is 5.40. The molecule has 0 aliphatic heterocycles. The van der Waals surface area contributed by atoms with Crippen molar-refractivity contribution in [1.29, 1.82) is 0 Å². The molecule has 0 radical (unpaired) electrons. The predicted octanol–water partition coefficient (Wildman–Crippen LogP) is 3.32. The number of nitrogens with zero attached hydrogens (tertiary/aromatic N) is 2. The van der Waals surface area contributed by atoms with Gasteiger partial charge < -0.3 is 4.74 Å². The van der Waals surface area contributed by atoms with Gasteiger partial charge in [0.05, 0.1) is 23.6 Å². The number of aldehydes is 1. The first kappa shape index (κ1) is 13.5. The van der Waals surface area contributed by atoms with E-state index in [1.54, 1.807) is 12.1 Å². The average molecular weight is 277 g/mol. The molecular weight excluding hydrogens is 264 g/mol. The van der Waals surface area contributed by atoms with E-state index >= 15 is 0 Å². The Balaban J connectivity index is 2.46. The SMILES string of the molecule is CCOc1cc(C)cc(-c2ccc(C=O)c(Cl)n2)n1. The predicted molar refractivity (Wildman–Crippen MR) is 73.8 cm³/mol. The van der Waals surface area contributed by atoms with Gasteiger partial charge in [0.2, 0.25) is 5.88 Å². The van der Waals surface area contributed by atoms with Crippen LogP contribution in [0.1, 0.15) is 22.8 Å². The van der Waals surface area contributed by atoms with Gasteiger partial charge in [-0.1, -0.05) is 11.6 Å². The maximum atomic E-state index is 10.7. The molecule has 0 bridgehead atoms. The number of aromatic nitrogens is 2. The quantitative estimate of drug-likeness (QED) is 0.635. The number of halogens is 1. The summed E-state index contributed by atoms with van der Waals surface area (Å²) in [5.41, 5.74) is 2.66. The molecule has 98 valence electrons. The Bertz CT molecular complexity index is 614. The number of carbonyl (C=O) groups excluding carboxylic acids is 1. The van der Waals surface area contributed by atoms with E-state index in [2.05, 4.69) is 9.97 Å². The van der Waals surface area contributed by atoms with Crippen molar-refractivity contribution in [2.45, 2.75) is 13.8 Å². The molecule has 0 unspecified atom stereocenters.